The van der Waals surface area contributed by atoms with Crippen molar-refractivity contribution in [3.8, 4) is 17.1 Å². The number of hydrogen-bond acceptors (Lipinski definition) is 3. The van der Waals surface area contributed by atoms with E-state index in [2.05, 4.69) is 9.97 Å². The summed E-state index contributed by atoms with van der Waals surface area (Å²) in [5.41, 5.74) is 2.29. The molecule has 0 aliphatic heterocycles. The van der Waals surface area contributed by atoms with Gasteiger partial charge in [0.15, 0.2) is 0 Å². The van der Waals surface area contributed by atoms with Crippen molar-refractivity contribution in [1.82, 2.24) is 9.97 Å². The summed E-state index contributed by atoms with van der Waals surface area (Å²) in [7, 11) is 0. The first-order valence-corrected chi connectivity index (χ1v) is 4.65. The van der Waals surface area contributed by atoms with Crippen molar-refractivity contribution in [2.45, 2.75) is 13.5 Å². The third kappa shape index (κ3) is 1.85. The van der Waals surface area contributed by atoms with Gasteiger partial charge in [-0.2, -0.15) is 0 Å². The lowest BCUT2D eigenvalue weighted by molar-refractivity contribution is 0.277. The van der Waals surface area contributed by atoms with Crippen molar-refractivity contribution in [2.24, 2.45) is 0 Å². The molecular weight excluding hydrogens is 192 g/mol. The number of nitrogens with zero attached hydrogens (tertiary/aromatic N) is 1. The number of aliphatic hydroxyl groups is 1. The van der Waals surface area contributed by atoms with Crippen LogP contribution in [0.5, 0.6) is 5.75 Å². The quantitative estimate of drug-likeness (QED) is 0.695. The van der Waals surface area contributed by atoms with Gasteiger partial charge in [-0.3, -0.25) is 0 Å². The van der Waals surface area contributed by atoms with Crippen LogP contribution in [0.3, 0.4) is 0 Å². The molecule has 15 heavy (non-hydrogen) atoms. The monoisotopic (exact) mass is 204 g/mol. The van der Waals surface area contributed by atoms with E-state index in [0.29, 0.717) is 11.5 Å². The maximum atomic E-state index is 9.53. The van der Waals surface area contributed by atoms with Crippen molar-refractivity contribution >= 4 is 0 Å². The second-order valence-corrected chi connectivity index (χ2v) is 3.42. The number of phenols is 1. The first-order chi connectivity index (χ1) is 7.20. The van der Waals surface area contributed by atoms with E-state index in [1.54, 1.807) is 12.3 Å². The summed E-state index contributed by atoms with van der Waals surface area (Å²) < 4.78 is 0. The second-order valence-electron chi connectivity index (χ2n) is 3.42. The summed E-state index contributed by atoms with van der Waals surface area (Å²) in [5, 5.41) is 18.4. The molecule has 0 spiro atoms. The second kappa shape index (κ2) is 3.74. The fourth-order valence-electron chi connectivity index (χ4n) is 1.34. The van der Waals surface area contributed by atoms with Crippen LogP contribution in [0.25, 0.3) is 11.4 Å². The third-order valence-electron chi connectivity index (χ3n) is 2.28. The minimum absolute atomic E-state index is 0.0646. The molecule has 0 saturated heterocycles. The molecule has 3 N–H and O–H groups in total. The normalized spacial score (nSPS) is 10.5. The topological polar surface area (TPSA) is 69.1 Å². The molecule has 4 nitrogen and oxygen atoms in total. The van der Waals surface area contributed by atoms with E-state index in [1.807, 2.05) is 19.1 Å². The van der Waals surface area contributed by atoms with E-state index < -0.39 is 0 Å². The summed E-state index contributed by atoms with van der Waals surface area (Å²) in [5.74, 6) is 0.892. The molecule has 0 aliphatic carbocycles. The maximum Gasteiger partial charge on any atom is 0.137 e. The lowest BCUT2D eigenvalue weighted by Gasteiger charge is -2.01. The molecule has 2 aromatic rings. The molecule has 0 bridgehead atoms. The molecule has 0 atom stereocenters. The van der Waals surface area contributed by atoms with Gasteiger partial charge < -0.3 is 15.2 Å². The Bertz CT molecular complexity index is 477. The number of rotatable bonds is 2. The van der Waals surface area contributed by atoms with Crippen molar-refractivity contribution in [3.05, 3.63) is 35.7 Å². The number of imidazole rings is 1. The largest absolute Gasteiger partial charge is 0.508 e. The van der Waals surface area contributed by atoms with E-state index in [1.165, 1.54) is 0 Å². The molecule has 0 amide bonds. The Balaban J connectivity index is 2.40. The average Bonchev–Trinajstić information content (AvgIpc) is 2.70. The lowest BCUT2D eigenvalue weighted by Crippen LogP contribution is -1.84. The zero-order valence-corrected chi connectivity index (χ0v) is 8.36. The van der Waals surface area contributed by atoms with E-state index in [4.69, 9.17) is 5.11 Å². The van der Waals surface area contributed by atoms with Crippen LogP contribution in [0, 0.1) is 6.92 Å². The number of aromatic amines is 1. The Morgan fingerprint density at radius 2 is 2.20 bits per heavy atom. The lowest BCUT2D eigenvalue weighted by atomic mass is 10.1. The molecular formula is C11H12N2O2. The standard InChI is InChI=1S/C11H12N2O2/c1-7-2-3-8(4-10(7)15)11-12-5-9(6-14)13-11/h2-5,14-15H,6H2,1H3,(H,12,13). The highest BCUT2D eigenvalue weighted by Gasteiger charge is 2.04. The van der Waals surface area contributed by atoms with Crippen molar-refractivity contribution in [2.75, 3.05) is 0 Å². The van der Waals surface area contributed by atoms with Gasteiger partial charge in [0.25, 0.3) is 0 Å². The molecule has 0 aliphatic rings. The van der Waals surface area contributed by atoms with Crippen LogP contribution in [0.15, 0.2) is 24.4 Å². The van der Waals surface area contributed by atoms with Crippen LogP contribution in [-0.2, 0) is 6.61 Å². The summed E-state index contributed by atoms with van der Waals surface area (Å²) in [6, 6.07) is 5.34. The molecule has 4 heteroatoms. The van der Waals surface area contributed by atoms with Crippen molar-refractivity contribution < 1.29 is 10.2 Å². The van der Waals surface area contributed by atoms with Crippen LogP contribution in [0.4, 0.5) is 0 Å². The van der Waals surface area contributed by atoms with Crippen LogP contribution >= 0.6 is 0 Å². The Morgan fingerprint density at radius 3 is 2.80 bits per heavy atom. The first kappa shape index (κ1) is 9.73. The van der Waals surface area contributed by atoms with Gasteiger partial charge in [-0.25, -0.2) is 4.98 Å². The number of aromatic hydroxyl groups is 1. The van der Waals surface area contributed by atoms with Crippen LogP contribution in [-0.4, -0.2) is 20.2 Å². The number of nitrogens with one attached hydrogen (secondary N) is 1. The van der Waals surface area contributed by atoms with E-state index in [-0.39, 0.29) is 12.4 Å². The fraction of sp³-hybridized carbons (Fsp3) is 0.182. The number of aliphatic hydroxyl groups excluding tert-OH is 1. The number of benzene rings is 1. The Labute approximate surface area is 87.2 Å². The summed E-state index contributed by atoms with van der Waals surface area (Å²) in [6.07, 6.45) is 1.58. The van der Waals surface area contributed by atoms with Gasteiger partial charge in [-0.1, -0.05) is 12.1 Å². The highest BCUT2D eigenvalue weighted by atomic mass is 16.3. The summed E-state index contributed by atoms with van der Waals surface area (Å²) in [4.78, 5) is 7.05. The smallest absolute Gasteiger partial charge is 0.137 e. The SMILES string of the molecule is Cc1ccc(-c2ncc(CO)[nH]2)cc1O. The van der Waals surface area contributed by atoms with E-state index >= 15 is 0 Å². The van der Waals surface area contributed by atoms with Gasteiger partial charge in [0, 0.05) is 5.56 Å². The van der Waals surface area contributed by atoms with Crippen molar-refractivity contribution in [3.63, 3.8) is 0 Å². The summed E-state index contributed by atoms with van der Waals surface area (Å²) in [6.45, 7) is 1.77. The molecule has 1 heterocycles. The minimum atomic E-state index is -0.0646. The summed E-state index contributed by atoms with van der Waals surface area (Å²) >= 11 is 0. The predicted molar refractivity (Wildman–Crippen MR) is 56.3 cm³/mol. The van der Waals surface area contributed by atoms with Gasteiger partial charge in [0.05, 0.1) is 18.5 Å². The molecule has 0 radical (unpaired) electrons. The van der Waals surface area contributed by atoms with Gasteiger partial charge in [-0.05, 0) is 18.6 Å². The first-order valence-electron chi connectivity index (χ1n) is 4.65. The van der Waals surface area contributed by atoms with Crippen LogP contribution < -0.4 is 0 Å². The predicted octanol–water partition coefficient (Wildman–Crippen LogP) is 1.58. The van der Waals surface area contributed by atoms with Gasteiger partial charge >= 0.3 is 0 Å². The number of H-pyrrole nitrogens is 1. The van der Waals surface area contributed by atoms with Crippen molar-refractivity contribution in [1.29, 1.82) is 0 Å². The third-order valence-corrected chi connectivity index (χ3v) is 2.28. The van der Waals surface area contributed by atoms with E-state index in [0.717, 1.165) is 11.1 Å². The molecule has 2 rings (SSSR count). The minimum Gasteiger partial charge on any atom is -0.508 e. The van der Waals surface area contributed by atoms with Gasteiger partial charge in [0.2, 0.25) is 0 Å². The molecule has 0 fully saturated rings. The Morgan fingerprint density at radius 1 is 1.40 bits per heavy atom. The Hall–Kier alpha value is -1.81. The molecule has 1 aromatic carbocycles. The highest BCUT2D eigenvalue weighted by Crippen LogP contribution is 2.23. The fourth-order valence-corrected chi connectivity index (χ4v) is 1.34. The zero-order chi connectivity index (χ0) is 10.8. The molecule has 0 saturated carbocycles. The number of hydrogen-bond donors (Lipinski definition) is 3. The molecule has 0 unspecified atom stereocenters. The van der Waals surface area contributed by atoms with Crippen LogP contribution in [0.2, 0.25) is 0 Å². The number of aromatic nitrogens is 2. The van der Waals surface area contributed by atoms with Gasteiger partial charge in [0.1, 0.15) is 11.6 Å². The zero-order valence-electron chi connectivity index (χ0n) is 8.36. The van der Waals surface area contributed by atoms with E-state index in [9.17, 15) is 5.11 Å². The number of phenolic OH excluding ortho intramolecular Hbond substituents is 1. The van der Waals surface area contributed by atoms with Gasteiger partial charge in [-0.15, -0.1) is 0 Å². The van der Waals surface area contributed by atoms with Crippen LogP contribution in [0.1, 0.15) is 11.3 Å². The number of aryl methyl sites for hydroxylation is 1. The average molecular weight is 204 g/mol. The Kier molecular flexibility index (Phi) is 2.43. The maximum absolute atomic E-state index is 9.53. The molecule has 78 valence electrons. The molecule has 1 aromatic heterocycles. The highest BCUT2D eigenvalue weighted by molar-refractivity contribution is 5.59.